The topological polar surface area (TPSA) is 79.4 Å². The van der Waals surface area contributed by atoms with Gasteiger partial charge in [-0.1, -0.05) is 18.2 Å². The first-order valence-electron chi connectivity index (χ1n) is 10.4. The first kappa shape index (κ1) is 20.9. The maximum absolute atomic E-state index is 12.3. The van der Waals surface area contributed by atoms with Crippen molar-refractivity contribution in [3.63, 3.8) is 0 Å². The molecule has 7 nitrogen and oxygen atoms in total. The van der Waals surface area contributed by atoms with Crippen LogP contribution in [0.15, 0.2) is 36.7 Å². The van der Waals surface area contributed by atoms with Crippen molar-refractivity contribution in [1.29, 1.82) is 0 Å². The van der Waals surface area contributed by atoms with Crippen molar-refractivity contribution in [3.8, 4) is 5.75 Å². The summed E-state index contributed by atoms with van der Waals surface area (Å²) < 4.78 is 5.34. The van der Waals surface area contributed by atoms with Crippen molar-refractivity contribution in [1.82, 2.24) is 15.3 Å². The third kappa shape index (κ3) is 6.07. The van der Waals surface area contributed by atoms with Crippen LogP contribution in [-0.4, -0.2) is 42.6 Å². The predicted molar refractivity (Wildman–Crippen MR) is 115 cm³/mol. The summed E-state index contributed by atoms with van der Waals surface area (Å²) in [6, 6.07) is 9.77. The van der Waals surface area contributed by atoms with Gasteiger partial charge in [0.05, 0.1) is 7.11 Å². The molecular formula is C22H31N5O2. The average Bonchev–Trinajstić information content (AvgIpc) is 2.77. The molecule has 2 N–H and O–H groups in total. The number of anilines is 2. The number of benzene rings is 1. The molecule has 2 aromatic rings. The Bertz CT molecular complexity index is 798. The van der Waals surface area contributed by atoms with E-state index >= 15 is 0 Å². The fourth-order valence-electron chi connectivity index (χ4n) is 3.77. The minimum Gasteiger partial charge on any atom is -0.496 e. The molecule has 29 heavy (non-hydrogen) atoms. The van der Waals surface area contributed by atoms with E-state index in [0.29, 0.717) is 18.9 Å². The third-order valence-corrected chi connectivity index (χ3v) is 5.30. The summed E-state index contributed by atoms with van der Waals surface area (Å²) in [5, 5.41) is 6.25. The van der Waals surface area contributed by atoms with E-state index in [1.165, 1.54) is 0 Å². The minimum atomic E-state index is 0.0875. The van der Waals surface area contributed by atoms with Gasteiger partial charge >= 0.3 is 0 Å². The highest BCUT2D eigenvalue weighted by atomic mass is 16.5. The number of para-hydroxylation sites is 1. The molecule has 1 aromatic carbocycles. The zero-order chi connectivity index (χ0) is 20.5. The average molecular weight is 398 g/mol. The van der Waals surface area contributed by atoms with E-state index in [-0.39, 0.29) is 5.91 Å². The number of rotatable bonds is 9. The van der Waals surface area contributed by atoms with Crippen molar-refractivity contribution in [2.75, 3.05) is 37.0 Å². The Labute approximate surface area is 172 Å². The molecule has 1 aromatic heterocycles. The standard InChI is InChI=1S/C22H31N5O2/c1-3-23-20-13-21(26-16-25-20)27-12-6-7-17(15-27)10-11-22(28)24-14-18-8-4-5-9-19(18)29-2/h4-5,8-9,13,16-17H,3,6-7,10-12,14-15H2,1-2H3,(H,24,28)(H,23,25,26)/t17-/m1/s1. The lowest BCUT2D eigenvalue weighted by Crippen LogP contribution is -2.36. The summed E-state index contributed by atoms with van der Waals surface area (Å²) in [7, 11) is 1.65. The Morgan fingerprint density at radius 1 is 1.31 bits per heavy atom. The van der Waals surface area contributed by atoms with Crippen molar-refractivity contribution >= 4 is 17.5 Å². The van der Waals surface area contributed by atoms with Crippen LogP contribution < -0.4 is 20.3 Å². The summed E-state index contributed by atoms with van der Waals surface area (Å²) in [5.74, 6) is 3.21. The largest absolute Gasteiger partial charge is 0.496 e. The normalized spacial score (nSPS) is 16.3. The number of carbonyl (C=O) groups is 1. The van der Waals surface area contributed by atoms with Gasteiger partial charge in [-0.2, -0.15) is 0 Å². The van der Waals surface area contributed by atoms with Gasteiger partial charge < -0.3 is 20.3 Å². The van der Waals surface area contributed by atoms with E-state index in [1.54, 1.807) is 13.4 Å². The number of aromatic nitrogens is 2. The lowest BCUT2D eigenvalue weighted by Gasteiger charge is -2.33. The molecule has 156 valence electrons. The number of amides is 1. The summed E-state index contributed by atoms with van der Waals surface area (Å²) in [4.78, 5) is 23.3. The molecule has 7 heteroatoms. The molecule has 1 fully saturated rings. The molecule has 2 heterocycles. The number of hydrogen-bond acceptors (Lipinski definition) is 6. The zero-order valence-corrected chi connectivity index (χ0v) is 17.4. The van der Waals surface area contributed by atoms with E-state index < -0.39 is 0 Å². The van der Waals surface area contributed by atoms with Crippen LogP contribution in [0.3, 0.4) is 0 Å². The highest BCUT2D eigenvalue weighted by Gasteiger charge is 2.22. The second kappa shape index (κ2) is 10.6. The van der Waals surface area contributed by atoms with Crippen LogP contribution in [0.1, 0.15) is 38.2 Å². The molecule has 0 bridgehead atoms. The van der Waals surface area contributed by atoms with E-state index in [1.807, 2.05) is 30.3 Å². The Kier molecular flexibility index (Phi) is 7.67. The van der Waals surface area contributed by atoms with E-state index in [9.17, 15) is 4.79 Å². The molecule has 1 aliphatic heterocycles. The van der Waals surface area contributed by atoms with Crippen LogP contribution >= 0.6 is 0 Å². The van der Waals surface area contributed by atoms with Crippen molar-refractivity contribution in [2.24, 2.45) is 5.92 Å². The van der Waals surface area contributed by atoms with Gasteiger partial charge in [-0.3, -0.25) is 4.79 Å². The summed E-state index contributed by atoms with van der Waals surface area (Å²) >= 11 is 0. The molecule has 0 aliphatic carbocycles. The van der Waals surface area contributed by atoms with Crippen LogP contribution in [0.2, 0.25) is 0 Å². The molecular weight excluding hydrogens is 366 g/mol. The van der Waals surface area contributed by atoms with Crippen LogP contribution in [0.4, 0.5) is 11.6 Å². The van der Waals surface area contributed by atoms with Gasteiger partial charge in [0.1, 0.15) is 23.7 Å². The number of piperidine rings is 1. The van der Waals surface area contributed by atoms with Gasteiger partial charge in [0.2, 0.25) is 5.91 Å². The number of nitrogens with zero attached hydrogens (tertiary/aromatic N) is 3. The molecule has 3 rings (SSSR count). The Morgan fingerprint density at radius 2 is 2.17 bits per heavy atom. The Hall–Kier alpha value is -2.83. The predicted octanol–water partition coefficient (Wildman–Crippen LogP) is 3.23. The van der Waals surface area contributed by atoms with Crippen LogP contribution in [0.25, 0.3) is 0 Å². The van der Waals surface area contributed by atoms with Gasteiger partial charge in [-0.15, -0.1) is 0 Å². The number of nitrogens with one attached hydrogen (secondary N) is 2. The number of methoxy groups -OCH3 is 1. The first-order chi connectivity index (χ1) is 14.2. The molecule has 0 unspecified atom stereocenters. The summed E-state index contributed by atoms with van der Waals surface area (Å²) in [6.07, 6.45) is 5.32. The summed E-state index contributed by atoms with van der Waals surface area (Å²) in [6.45, 7) is 5.32. The lowest BCUT2D eigenvalue weighted by atomic mass is 9.93. The summed E-state index contributed by atoms with van der Waals surface area (Å²) in [5.41, 5.74) is 0.993. The zero-order valence-electron chi connectivity index (χ0n) is 17.4. The SMILES string of the molecule is CCNc1cc(N2CCC[C@H](CCC(=O)NCc3ccccc3OC)C2)ncn1. The van der Waals surface area contributed by atoms with Crippen LogP contribution in [0.5, 0.6) is 5.75 Å². The van der Waals surface area contributed by atoms with Gasteiger partial charge in [0.15, 0.2) is 0 Å². The van der Waals surface area contributed by atoms with Gasteiger partial charge in [0, 0.05) is 44.2 Å². The van der Waals surface area contributed by atoms with Gasteiger partial charge in [0.25, 0.3) is 0 Å². The number of carbonyl (C=O) groups excluding carboxylic acids is 1. The molecule has 1 atom stereocenters. The molecule has 1 aliphatic rings. The first-order valence-corrected chi connectivity index (χ1v) is 10.4. The van der Waals surface area contributed by atoms with E-state index in [0.717, 1.165) is 61.8 Å². The lowest BCUT2D eigenvalue weighted by molar-refractivity contribution is -0.121. The van der Waals surface area contributed by atoms with Gasteiger partial charge in [-0.25, -0.2) is 9.97 Å². The van der Waals surface area contributed by atoms with Crippen molar-refractivity contribution < 1.29 is 9.53 Å². The second-order valence-corrected chi connectivity index (χ2v) is 7.37. The highest BCUT2D eigenvalue weighted by molar-refractivity contribution is 5.75. The maximum Gasteiger partial charge on any atom is 0.220 e. The third-order valence-electron chi connectivity index (χ3n) is 5.30. The quantitative estimate of drug-likeness (QED) is 0.676. The second-order valence-electron chi connectivity index (χ2n) is 7.37. The minimum absolute atomic E-state index is 0.0875. The fourth-order valence-corrected chi connectivity index (χ4v) is 3.77. The highest BCUT2D eigenvalue weighted by Crippen LogP contribution is 2.25. The smallest absolute Gasteiger partial charge is 0.220 e. The number of hydrogen-bond donors (Lipinski definition) is 2. The van der Waals surface area contributed by atoms with E-state index in [4.69, 9.17) is 4.74 Å². The number of ether oxygens (including phenoxy) is 1. The van der Waals surface area contributed by atoms with Crippen molar-refractivity contribution in [3.05, 3.63) is 42.2 Å². The van der Waals surface area contributed by atoms with Crippen LogP contribution in [0, 0.1) is 5.92 Å². The Morgan fingerprint density at radius 3 is 3.00 bits per heavy atom. The molecule has 0 radical (unpaired) electrons. The maximum atomic E-state index is 12.3. The molecule has 1 saturated heterocycles. The monoisotopic (exact) mass is 397 g/mol. The van der Waals surface area contributed by atoms with Crippen LogP contribution in [-0.2, 0) is 11.3 Å². The molecule has 1 amide bonds. The molecule has 0 saturated carbocycles. The van der Waals surface area contributed by atoms with Gasteiger partial charge in [-0.05, 0) is 38.2 Å². The van der Waals surface area contributed by atoms with E-state index in [2.05, 4.69) is 32.4 Å². The molecule has 0 spiro atoms. The van der Waals surface area contributed by atoms with Crippen molar-refractivity contribution in [2.45, 2.75) is 39.2 Å². The Balaban J connectivity index is 1.46. The fraction of sp³-hybridized carbons (Fsp3) is 0.500.